The maximum atomic E-state index is 2.37. The van der Waals surface area contributed by atoms with Gasteiger partial charge in [-0.25, -0.2) is 0 Å². The second kappa shape index (κ2) is 9.05. The summed E-state index contributed by atoms with van der Waals surface area (Å²) in [6.45, 7) is 8.25. The molecular formula is C14H28. The predicted octanol–water partition coefficient (Wildman–Crippen LogP) is 5.22. The third kappa shape index (κ3) is 5.26. The van der Waals surface area contributed by atoms with E-state index in [0.29, 0.717) is 0 Å². The Labute approximate surface area is 91.6 Å². The minimum atomic E-state index is 0. The first-order valence-corrected chi connectivity index (χ1v) is 6.12. The van der Waals surface area contributed by atoms with Crippen molar-refractivity contribution in [1.29, 1.82) is 0 Å². The van der Waals surface area contributed by atoms with Gasteiger partial charge in [0, 0.05) is 1.43 Å². The van der Waals surface area contributed by atoms with Gasteiger partial charge in [0.05, 0.1) is 0 Å². The van der Waals surface area contributed by atoms with Crippen molar-refractivity contribution in [2.45, 2.75) is 53.4 Å². The van der Waals surface area contributed by atoms with Crippen LogP contribution in [0.4, 0.5) is 0 Å². The van der Waals surface area contributed by atoms with Crippen molar-refractivity contribution in [1.82, 2.24) is 0 Å². The zero-order valence-electron chi connectivity index (χ0n) is 10.3. The van der Waals surface area contributed by atoms with Crippen molar-refractivity contribution >= 4 is 0 Å². The first-order chi connectivity index (χ1) is 6.86. The molecule has 0 aromatic rings. The summed E-state index contributed by atoms with van der Waals surface area (Å²) in [5, 5.41) is 0. The van der Waals surface area contributed by atoms with Gasteiger partial charge in [0.25, 0.3) is 0 Å². The molecule has 0 aliphatic heterocycles. The maximum Gasteiger partial charge on any atom is 0 e. The van der Waals surface area contributed by atoms with E-state index in [0.717, 1.165) is 11.8 Å². The minimum absolute atomic E-state index is 0. The van der Waals surface area contributed by atoms with Crippen molar-refractivity contribution in [3.8, 4) is 0 Å². The number of allylic oxidation sites excluding steroid dienone is 4. The topological polar surface area (TPSA) is 0 Å². The van der Waals surface area contributed by atoms with Crippen molar-refractivity contribution in [2.24, 2.45) is 11.8 Å². The fourth-order valence-electron chi connectivity index (χ4n) is 2.07. The van der Waals surface area contributed by atoms with Crippen LogP contribution in [0.15, 0.2) is 24.3 Å². The van der Waals surface area contributed by atoms with E-state index in [1.165, 1.54) is 25.7 Å². The number of hydrogen-bond donors (Lipinski definition) is 0. The van der Waals surface area contributed by atoms with Crippen LogP contribution < -0.4 is 0 Å². The van der Waals surface area contributed by atoms with Gasteiger partial charge in [-0.05, 0) is 51.4 Å². The van der Waals surface area contributed by atoms with Gasteiger partial charge >= 0.3 is 0 Å². The predicted molar refractivity (Wildman–Crippen MR) is 68.5 cm³/mol. The lowest BCUT2D eigenvalue weighted by atomic mass is 9.82. The summed E-state index contributed by atoms with van der Waals surface area (Å²) in [5.41, 5.74) is 0. The van der Waals surface area contributed by atoms with E-state index in [1.54, 1.807) is 0 Å². The van der Waals surface area contributed by atoms with E-state index < -0.39 is 0 Å². The highest BCUT2D eigenvalue weighted by atomic mass is 14.2. The molecule has 0 atom stereocenters. The highest BCUT2D eigenvalue weighted by molar-refractivity contribution is 4.94. The fourth-order valence-corrected chi connectivity index (χ4v) is 2.07. The highest BCUT2D eigenvalue weighted by Gasteiger charge is 2.16. The van der Waals surface area contributed by atoms with Gasteiger partial charge in [-0.2, -0.15) is 0 Å². The third-order valence-electron chi connectivity index (χ3n) is 2.75. The minimum Gasteiger partial charge on any atom is -0.0914 e. The van der Waals surface area contributed by atoms with Gasteiger partial charge in [-0.3, -0.25) is 0 Å². The summed E-state index contributed by atoms with van der Waals surface area (Å²) in [5.74, 6) is 1.74. The average molecular weight is 196 g/mol. The monoisotopic (exact) mass is 196 g/mol. The van der Waals surface area contributed by atoms with Crippen LogP contribution in [-0.2, 0) is 0 Å². The van der Waals surface area contributed by atoms with Gasteiger partial charge in [0.15, 0.2) is 0 Å². The Morgan fingerprint density at radius 2 is 1.07 bits per heavy atom. The Morgan fingerprint density at radius 3 is 1.29 bits per heavy atom. The van der Waals surface area contributed by atoms with Crippen LogP contribution in [0.2, 0.25) is 0 Å². The quantitative estimate of drug-likeness (QED) is 0.531. The van der Waals surface area contributed by atoms with Crippen LogP contribution in [0.1, 0.15) is 54.8 Å². The van der Waals surface area contributed by atoms with E-state index in [-0.39, 0.29) is 1.43 Å². The molecule has 1 saturated carbocycles. The molecule has 0 amide bonds. The van der Waals surface area contributed by atoms with Crippen LogP contribution >= 0.6 is 0 Å². The highest BCUT2D eigenvalue weighted by Crippen LogP contribution is 2.30. The molecule has 0 unspecified atom stereocenters. The normalized spacial score (nSPS) is 27.7. The molecule has 1 rings (SSSR count). The van der Waals surface area contributed by atoms with Crippen LogP contribution in [0.3, 0.4) is 0 Å². The van der Waals surface area contributed by atoms with Crippen LogP contribution in [0, 0.1) is 11.8 Å². The molecule has 0 spiro atoms. The largest absolute Gasteiger partial charge is 0.0914 e. The molecule has 0 aromatic heterocycles. The molecule has 0 heterocycles. The Balaban J connectivity index is 0. The first-order valence-electron chi connectivity index (χ1n) is 6.12. The van der Waals surface area contributed by atoms with E-state index in [9.17, 15) is 0 Å². The zero-order valence-corrected chi connectivity index (χ0v) is 10.3. The van der Waals surface area contributed by atoms with E-state index in [4.69, 9.17) is 0 Å². The van der Waals surface area contributed by atoms with Crippen LogP contribution in [-0.4, -0.2) is 0 Å². The zero-order chi connectivity index (χ0) is 10.8. The molecule has 0 saturated heterocycles. The Hall–Kier alpha value is -0.520. The average Bonchev–Trinajstić information content (AvgIpc) is 2.25. The lowest BCUT2D eigenvalue weighted by Crippen LogP contribution is -2.10. The Kier molecular flexibility index (Phi) is 8.72. The lowest BCUT2D eigenvalue weighted by Gasteiger charge is -2.24. The summed E-state index contributed by atoms with van der Waals surface area (Å²) in [7, 11) is 0. The molecule has 0 nitrogen and oxygen atoms in total. The fraction of sp³-hybridized carbons (Fsp3) is 0.714. The van der Waals surface area contributed by atoms with Crippen LogP contribution in [0.25, 0.3) is 0 Å². The molecule has 14 heavy (non-hydrogen) atoms. The van der Waals surface area contributed by atoms with E-state index in [1.807, 2.05) is 13.8 Å². The second-order valence-electron chi connectivity index (χ2n) is 3.73. The Morgan fingerprint density at radius 1 is 0.786 bits per heavy atom. The van der Waals surface area contributed by atoms with Crippen molar-refractivity contribution < 1.29 is 1.43 Å². The molecule has 1 aliphatic rings. The first kappa shape index (κ1) is 13.5. The number of hydrogen-bond acceptors (Lipinski definition) is 0. The summed E-state index contributed by atoms with van der Waals surface area (Å²) in [6.07, 6.45) is 14.7. The second-order valence-corrected chi connectivity index (χ2v) is 3.73. The molecule has 1 fully saturated rings. The summed E-state index contributed by atoms with van der Waals surface area (Å²) in [4.78, 5) is 0. The molecule has 1 aliphatic carbocycles. The van der Waals surface area contributed by atoms with Crippen molar-refractivity contribution in [3.63, 3.8) is 0 Å². The summed E-state index contributed by atoms with van der Waals surface area (Å²) >= 11 is 0. The molecule has 84 valence electrons. The van der Waals surface area contributed by atoms with E-state index >= 15 is 0 Å². The van der Waals surface area contributed by atoms with Gasteiger partial charge in [0.2, 0.25) is 0 Å². The molecule has 0 heteroatoms. The van der Waals surface area contributed by atoms with Gasteiger partial charge in [-0.1, -0.05) is 38.2 Å². The molecule has 0 bridgehead atoms. The van der Waals surface area contributed by atoms with Gasteiger partial charge in [-0.15, -0.1) is 0 Å². The molecule has 0 radical (unpaired) electrons. The summed E-state index contributed by atoms with van der Waals surface area (Å²) < 4.78 is 0. The Bertz CT molecular complexity index is 142. The third-order valence-corrected chi connectivity index (χ3v) is 2.75. The van der Waals surface area contributed by atoms with Gasteiger partial charge < -0.3 is 0 Å². The summed E-state index contributed by atoms with van der Waals surface area (Å²) in [6, 6.07) is 0. The number of rotatable bonds is 2. The van der Waals surface area contributed by atoms with Crippen LogP contribution in [0.5, 0.6) is 0 Å². The van der Waals surface area contributed by atoms with E-state index in [2.05, 4.69) is 38.2 Å². The lowest BCUT2D eigenvalue weighted by molar-refractivity contribution is 0.356. The standard InChI is InChI=1S/C12H20.C2H6.H2/c1-3-5-11-7-9-12(6-4-2)10-8-11;1-2;/h3-6,11-12H,7-10H2,1-2H3;1-2H3;1H/b5-3+,6-4+;;. The molecule has 0 N–H and O–H groups in total. The molecular weight excluding hydrogens is 168 g/mol. The van der Waals surface area contributed by atoms with Crippen molar-refractivity contribution in [2.75, 3.05) is 0 Å². The molecule has 0 aromatic carbocycles. The van der Waals surface area contributed by atoms with Gasteiger partial charge in [0.1, 0.15) is 0 Å². The van der Waals surface area contributed by atoms with Crippen molar-refractivity contribution in [3.05, 3.63) is 24.3 Å². The SMILES string of the molecule is C/C=C/C1CCC(/C=C/C)CC1.CC.[HH]. The smallest absolute Gasteiger partial charge is 0 e. The maximum absolute atomic E-state index is 2.37.